The van der Waals surface area contributed by atoms with Crippen LogP contribution < -0.4 is 17.2 Å². The van der Waals surface area contributed by atoms with Crippen molar-refractivity contribution in [3.05, 3.63) is 28.7 Å². The lowest BCUT2D eigenvalue weighted by Gasteiger charge is -2.32. The van der Waals surface area contributed by atoms with Gasteiger partial charge in [-0.2, -0.15) is 0 Å². The normalized spacial score (nSPS) is 20.5. The summed E-state index contributed by atoms with van der Waals surface area (Å²) in [5.74, 6) is 0. The molecular weight excluding hydrogens is 277 g/mol. The quantitative estimate of drug-likeness (QED) is 0.587. The molecule has 0 radical (unpaired) electrons. The van der Waals surface area contributed by atoms with E-state index in [1.807, 2.05) is 52.8 Å². The van der Waals surface area contributed by atoms with Crippen LogP contribution in [0.5, 0.6) is 0 Å². The highest BCUT2D eigenvalue weighted by atomic mass is 16.7. The minimum absolute atomic E-state index is 0.347. The first-order valence-electron chi connectivity index (χ1n) is 7.49. The molecule has 0 unspecified atom stereocenters. The Hall–Kier alpha value is -1.50. The van der Waals surface area contributed by atoms with E-state index in [1.54, 1.807) is 0 Å². The van der Waals surface area contributed by atoms with Crippen molar-refractivity contribution in [2.75, 3.05) is 18.0 Å². The van der Waals surface area contributed by atoms with Crippen LogP contribution in [0, 0.1) is 6.92 Å². The first-order valence-corrected chi connectivity index (χ1v) is 7.49. The molecule has 0 amide bonds. The fourth-order valence-corrected chi connectivity index (χ4v) is 2.37. The van der Waals surface area contributed by atoms with E-state index in [4.69, 9.17) is 26.5 Å². The topological polar surface area (TPSA) is 96.5 Å². The molecule has 1 aromatic carbocycles. The summed E-state index contributed by atoms with van der Waals surface area (Å²) in [5, 5.41) is 0. The van der Waals surface area contributed by atoms with E-state index in [0.717, 1.165) is 16.6 Å². The minimum Gasteiger partial charge on any atom is -0.400 e. The number of anilines is 2. The Bertz CT molecular complexity index is 572. The highest BCUT2D eigenvalue weighted by Crippen LogP contribution is 2.38. The second-order valence-electron chi connectivity index (χ2n) is 6.85. The number of hydrogen-bond donors (Lipinski definition) is 3. The van der Waals surface area contributed by atoms with E-state index >= 15 is 0 Å². The summed E-state index contributed by atoms with van der Waals surface area (Å²) in [7, 11) is -0.450. The molecule has 1 fully saturated rings. The maximum atomic E-state index is 6.05. The van der Waals surface area contributed by atoms with E-state index in [0.29, 0.717) is 17.9 Å². The van der Waals surface area contributed by atoms with E-state index in [1.165, 1.54) is 0 Å². The van der Waals surface area contributed by atoms with Gasteiger partial charge in [0.25, 0.3) is 0 Å². The summed E-state index contributed by atoms with van der Waals surface area (Å²) in [4.78, 5) is 0. The van der Waals surface area contributed by atoms with Crippen LogP contribution in [0.15, 0.2) is 17.6 Å². The summed E-state index contributed by atoms with van der Waals surface area (Å²) < 4.78 is 12.1. The molecule has 1 aliphatic heterocycles. The number of benzene rings is 1. The Morgan fingerprint density at radius 3 is 2.14 bits per heavy atom. The van der Waals surface area contributed by atoms with Crippen molar-refractivity contribution in [3.63, 3.8) is 0 Å². The molecule has 5 nitrogen and oxygen atoms in total. The van der Waals surface area contributed by atoms with Gasteiger partial charge in [-0.05, 0) is 63.4 Å². The van der Waals surface area contributed by atoms with Gasteiger partial charge in [0.2, 0.25) is 0 Å². The summed E-state index contributed by atoms with van der Waals surface area (Å²) >= 11 is 0. The van der Waals surface area contributed by atoms with Crippen molar-refractivity contribution >= 4 is 24.6 Å². The van der Waals surface area contributed by atoms with E-state index in [-0.39, 0.29) is 11.2 Å². The van der Waals surface area contributed by atoms with E-state index < -0.39 is 7.12 Å². The zero-order chi connectivity index (χ0) is 16.7. The molecule has 0 bridgehead atoms. The molecule has 0 saturated carbocycles. The van der Waals surface area contributed by atoms with Crippen LogP contribution >= 0.6 is 0 Å². The number of rotatable bonds is 3. The Labute approximate surface area is 133 Å². The molecule has 1 saturated heterocycles. The predicted octanol–water partition coefficient (Wildman–Crippen LogP) is 2.13. The van der Waals surface area contributed by atoms with Gasteiger partial charge in [-0.3, -0.25) is 0 Å². The monoisotopic (exact) mass is 303 g/mol. The summed E-state index contributed by atoms with van der Waals surface area (Å²) in [5.41, 5.74) is 20.9. The van der Waals surface area contributed by atoms with Crippen molar-refractivity contribution in [2.45, 2.75) is 45.8 Å². The predicted molar refractivity (Wildman–Crippen MR) is 93.1 cm³/mol. The third kappa shape index (κ3) is 3.00. The van der Waals surface area contributed by atoms with Gasteiger partial charge in [0.1, 0.15) is 0 Å². The number of aryl methyl sites for hydroxylation is 1. The standard InChI is InChI=1S/C16H26BN3O2/c1-10-6-11(8-13(19)14(10)20)7-12(9-18)17-21-15(2,3)16(4,5)22-17/h6-8H,9,18-20H2,1-5H3. The lowest BCUT2D eigenvalue weighted by atomic mass is 9.77. The Morgan fingerprint density at radius 2 is 1.68 bits per heavy atom. The lowest BCUT2D eigenvalue weighted by molar-refractivity contribution is 0.00578. The van der Waals surface area contributed by atoms with Crippen LogP contribution in [0.3, 0.4) is 0 Å². The SMILES string of the molecule is Cc1cc(C=C(CN)B2OC(C)(C)C(C)(C)O2)cc(N)c1N. The van der Waals surface area contributed by atoms with Gasteiger partial charge in [-0.25, -0.2) is 0 Å². The van der Waals surface area contributed by atoms with E-state index in [2.05, 4.69) is 0 Å². The lowest BCUT2D eigenvalue weighted by Crippen LogP contribution is -2.41. The van der Waals surface area contributed by atoms with Gasteiger partial charge >= 0.3 is 7.12 Å². The molecule has 0 spiro atoms. The number of nitrogen functional groups attached to an aromatic ring is 2. The molecule has 1 heterocycles. The van der Waals surface area contributed by atoms with Gasteiger partial charge in [-0.1, -0.05) is 6.08 Å². The van der Waals surface area contributed by atoms with Crippen LogP contribution in [0.25, 0.3) is 6.08 Å². The van der Waals surface area contributed by atoms with Gasteiger partial charge in [0.05, 0.1) is 22.6 Å². The molecule has 0 atom stereocenters. The smallest absolute Gasteiger partial charge is 0.400 e. The number of nitrogens with two attached hydrogens (primary N) is 3. The second kappa shape index (κ2) is 5.61. The molecule has 6 N–H and O–H groups in total. The van der Waals surface area contributed by atoms with Crippen molar-refractivity contribution in [1.29, 1.82) is 0 Å². The Morgan fingerprint density at radius 1 is 1.14 bits per heavy atom. The highest BCUT2D eigenvalue weighted by molar-refractivity contribution is 6.55. The molecule has 0 aromatic heterocycles. The average Bonchev–Trinajstić information content (AvgIpc) is 2.61. The molecule has 2 rings (SSSR count). The van der Waals surface area contributed by atoms with Crippen molar-refractivity contribution in [1.82, 2.24) is 0 Å². The summed E-state index contributed by atoms with van der Waals surface area (Å²) in [6, 6.07) is 3.82. The van der Waals surface area contributed by atoms with Crippen LogP contribution in [-0.2, 0) is 9.31 Å². The molecule has 1 aliphatic rings. The molecule has 6 heteroatoms. The summed E-state index contributed by atoms with van der Waals surface area (Å²) in [6.07, 6.45) is 1.96. The highest BCUT2D eigenvalue weighted by Gasteiger charge is 2.52. The largest absolute Gasteiger partial charge is 0.491 e. The maximum Gasteiger partial charge on any atom is 0.491 e. The van der Waals surface area contributed by atoms with Crippen LogP contribution in [0.4, 0.5) is 11.4 Å². The fraction of sp³-hybridized carbons (Fsp3) is 0.500. The first-order chi connectivity index (χ1) is 10.1. The third-order valence-corrected chi connectivity index (χ3v) is 4.58. The maximum absolute atomic E-state index is 6.05. The van der Waals surface area contributed by atoms with Crippen molar-refractivity contribution in [2.24, 2.45) is 5.73 Å². The van der Waals surface area contributed by atoms with Gasteiger partial charge in [0, 0.05) is 6.54 Å². The van der Waals surface area contributed by atoms with Crippen LogP contribution in [0.2, 0.25) is 0 Å². The molecule has 120 valence electrons. The Balaban J connectivity index is 2.34. The fourth-order valence-electron chi connectivity index (χ4n) is 2.37. The second-order valence-corrected chi connectivity index (χ2v) is 6.85. The first kappa shape index (κ1) is 16.9. The summed E-state index contributed by atoms with van der Waals surface area (Å²) in [6.45, 7) is 10.4. The van der Waals surface area contributed by atoms with Crippen molar-refractivity contribution < 1.29 is 9.31 Å². The Kier molecular flexibility index (Phi) is 4.30. The van der Waals surface area contributed by atoms with E-state index in [9.17, 15) is 0 Å². The molecule has 0 aliphatic carbocycles. The number of hydrogen-bond acceptors (Lipinski definition) is 5. The minimum atomic E-state index is -0.450. The third-order valence-electron chi connectivity index (χ3n) is 4.58. The molecule has 1 aromatic rings. The average molecular weight is 303 g/mol. The van der Waals surface area contributed by atoms with Gasteiger partial charge in [-0.15, -0.1) is 0 Å². The molecular formula is C16H26BN3O2. The zero-order valence-corrected chi connectivity index (χ0v) is 14.1. The van der Waals surface area contributed by atoms with Crippen LogP contribution in [-0.4, -0.2) is 24.9 Å². The van der Waals surface area contributed by atoms with Crippen LogP contribution in [0.1, 0.15) is 38.8 Å². The van der Waals surface area contributed by atoms with Crippen molar-refractivity contribution in [3.8, 4) is 0 Å². The van der Waals surface area contributed by atoms with Gasteiger partial charge in [0.15, 0.2) is 0 Å². The zero-order valence-electron chi connectivity index (χ0n) is 14.1. The van der Waals surface area contributed by atoms with Gasteiger partial charge < -0.3 is 26.5 Å². The molecule has 22 heavy (non-hydrogen) atoms.